The van der Waals surface area contributed by atoms with Crippen LogP contribution in [0.4, 0.5) is 0 Å². The van der Waals surface area contributed by atoms with E-state index in [9.17, 15) is 4.79 Å². The standard InChI is InChI=1S/C9H13N3O2/c1-7(9(13)14)12-5-4-11-3-2-10-8(11)6-12/h2-3,7H,4-6H2,1H3,(H,13,14). The van der Waals surface area contributed by atoms with Gasteiger partial charge in [-0.15, -0.1) is 0 Å². The van der Waals surface area contributed by atoms with Crippen LogP contribution >= 0.6 is 0 Å². The summed E-state index contributed by atoms with van der Waals surface area (Å²) in [7, 11) is 0. The molecule has 14 heavy (non-hydrogen) atoms. The van der Waals surface area contributed by atoms with Crippen molar-refractivity contribution in [2.24, 2.45) is 0 Å². The molecule has 1 atom stereocenters. The van der Waals surface area contributed by atoms with Crippen LogP contribution in [-0.4, -0.2) is 38.1 Å². The van der Waals surface area contributed by atoms with Gasteiger partial charge in [0.25, 0.3) is 0 Å². The first kappa shape index (κ1) is 9.21. The van der Waals surface area contributed by atoms with E-state index in [1.165, 1.54) is 0 Å². The maximum Gasteiger partial charge on any atom is 0.320 e. The van der Waals surface area contributed by atoms with Gasteiger partial charge in [-0.3, -0.25) is 9.69 Å². The second-order valence-corrected chi connectivity index (χ2v) is 3.52. The van der Waals surface area contributed by atoms with Gasteiger partial charge in [0.15, 0.2) is 0 Å². The Hall–Kier alpha value is -1.36. The van der Waals surface area contributed by atoms with Crippen LogP contribution < -0.4 is 0 Å². The van der Waals surface area contributed by atoms with Crippen molar-refractivity contribution in [1.29, 1.82) is 0 Å². The average molecular weight is 195 g/mol. The van der Waals surface area contributed by atoms with Crippen molar-refractivity contribution in [1.82, 2.24) is 14.5 Å². The third-order valence-electron chi connectivity index (χ3n) is 2.68. The molecule has 0 saturated heterocycles. The van der Waals surface area contributed by atoms with E-state index in [-0.39, 0.29) is 0 Å². The van der Waals surface area contributed by atoms with Crippen LogP contribution in [0.2, 0.25) is 0 Å². The molecule has 76 valence electrons. The first-order valence-corrected chi connectivity index (χ1v) is 4.65. The van der Waals surface area contributed by atoms with Gasteiger partial charge in [0.1, 0.15) is 11.9 Å². The number of nitrogens with zero attached hydrogens (tertiary/aromatic N) is 3. The molecule has 0 amide bonds. The lowest BCUT2D eigenvalue weighted by Crippen LogP contribution is -2.43. The number of fused-ring (bicyclic) bond motifs is 1. The summed E-state index contributed by atoms with van der Waals surface area (Å²) in [5, 5.41) is 8.86. The number of hydrogen-bond acceptors (Lipinski definition) is 3. The van der Waals surface area contributed by atoms with E-state index in [0.29, 0.717) is 6.54 Å². The van der Waals surface area contributed by atoms with Crippen molar-refractivity contribution < 1.29 is 9.90 Å². The first-order chi connectivity index (χ1) is 6.68. The minimum Gasteiger partial charge on any atom is -0.480 e. The lowest BCUT2D eigenvalue weighted by Gasteiger charge is -2.30. The summed E-state index contributed by atoms with van der Waals surface area (Å²) in [5.41, 5.74) is 0. The predicted molar refractivity (Wildman–Crippen MR) is 49.7 cm³/mol. The Morgan fingerprint density at radius 2 is 2.43 bits per heavy atom. The molecule has 0 aliphatic carbocycles. The van der Waals surface area contributed by atoms with Crippen LogP contribution in [0.5, 0.6) is 0 Å². The molecule has 2 heterocycles. The van der Waals surface area contributed by atoms with Crippen molar-refractivity contribution in [3.05, 3.63) is 18.2 Å². The fourth-order valence-electron chi connectivity index (χ4n) is 1.68. The molecule has 0 aromatic carbocycles. The van der Waals surface area contributed by atoms with E-state index in [2.05, 4.69) is 9.55 Å². The number of rotatable bonds is 2. The number of imidazole rings is 1. The van der Waals surface area contributed by atoms with Crippen molar-refractivity contribution >= 4 is 5.97 Å². The number of carboxylic acids is 1. The summed E-state index contributed by atoms with van der Waals surface area (Å²) in [5.74, 6) is 0.175. The van der Waals surface area contributed by atoms with E-state index in [1.54, 1.807) is 13.1 Å². The molecule has 1 N–H and O–H groups in total. The molecule has 2 rings (SSSR count). The average Bonchev–Trinajstić information content (AvgIpc) is 2.62. The Bertz CT molecular complexity index is 348. The highest BCUT2D eigenvalue weighted by atomic mass is 16.4. The lowest BCUT2D eigenvalue weighted by molar-refractivity contribution is -0.143. The topological polar surface area (TPSA) is 58.4 Å². The Morgan fingerprint density at radius 1 is 1.64 bits per heavy atom. The van der Waals surface area contributed by atoms with Crippen LogP contribution in [0, 0.1) is 0 Å². The Kier molecular flexibility index (Phi) is 2.25. The third kappa shape index (κ3) is 1.50. The van der Waals surface area contributed by atoms with Crippen LogP contribution in [0.15, 0.2) is 12.4 Å². The monoisotopic (exact) mass is 195 g/mol. The highest BCUT2D eigenvalue weighted by Gasteiger charge is 2.24. The van der Waals surface area contributed by atoms with Crippen molar-refractivity contribution in [2.75, 3.05) is 6.54 Å². The molecule has 1 unspecified atom stereocenters. The number of hydrogen-bond donors (Lipinski definition) is 1. The van der Waals surface area contributed by atoms with Crippen LogP contribution in [0.25, 0.3) is 0 Å². The van der Waals surface area contributed by atoms with Crippen molar-refractivity contribution in [3.63, 3.8) is 0 Å². The summed E-state index contributed by atoms with van der Waals surface area (Å²) < 4.78 is 2.06. The second-order valence-electron chi connectivity index (χ2n) is 3.52. The highest BCUT2D eigenvalue weighted by molar-refractivity contribution is 5.72. The third-order valence-corrected chi connectivity index (χ3v) is 2.68. The molecule has 0 radical (unpaired) electrons. The fraction of sp³-hybridized carbons (Fsp3) is 0.556. The predicted octanol–water partition coefficient (Wildman–Crippen LogP) is 0.172. The molecular formula is C9H13N3O2. The number of aromatic nitrogens is 2. The van der Waals surface area contributed by atoms with Crippen LogP contribution in [-0.2, 0) is 17.9 Å². The molecule has 1 aliphatic rings. The number of carbonyl (C=O) groups is 1. The highest BCUT2D eigenvalue weighted by Crippen LogP contribution is 2.12. The summed E-state index contributed by atoms with van der Waals surface area (Å²) in [4.78, 5) is 16.9. The maximum atomic E-state index is 10.8. The van der Waals surface area contributed by atoms with E-state index in [4.69, 9.17) is 5.11 Å². The van der Waals surface area contributed by atoms with Crippen LogP contribution in [0.1, 0.15) is 12.7 Å². The Balaban J connectivity index is 2.11. The quantitative estimate of drug-likeness (QED) is 0.731. The van der Waals surface area contributed by atoms with Gasteiger partial charge in [-0.2, -0.15) is 0 Å². The van der Waals surface area contributed by atoms with Crippen LogP contribution in [0.3, 0.4) is 0 Å². The zero-order valence-electron chi connectivity index (χ0n) is 8.05. The smallest absolute Gasteiger partial charge is 0.320 e. The van der Waals surface area contributed by atoms with Gasteiger partial charge < -0.3 is 9.67 Å². The molecular weight excluding hydrogens is 182 g/mol. The number of carboxylic acid groups (broad SMARTS) is 1. The second kappa shape index (κ2) is 3.42. The van der Waals surface area contributed by atoms with E-state index in [1.807, 2.05) is 11.1 Å². The molecule has 1 aliphatic heterocycles. The molecule has 0 spiro atoms. The van der Waals surface area contributed by atoms with Gasteiger partial charge in [0.2, 0.25) is 0 Å². The zero-order chi connectivity index (χ0) is 10.1. The molecule has 1 aromatic heterocycles. The molecule has 0 bridgehead atoms. The molecule has 1 aromatic rings. The summed E-state index contributed by atoms with van der Waals surface area (Å²) in [6.45, 7) is 3.94. The van der Waals surface area contributed by atoms with Gasteiger partial charge >= 0.3 is 5.97 Å². The van der Waals surface area contributed by atoms with Gasteiger partial charge in [-0.25, -0.2) is 4.98 Å². The Morgan fingerprint density at radius 3 is 3.14 bits per heavy atom. The van der Waals surface area contributed by atoms with Crippen molar-refractivity contribution in [2.45, 2.75) is 26.1 Å². The number of aliphatic carboxylic acids is 1. The molecule has 0 fully saturated rings. The Labute approximate surface area is 82.0 Å². The lowest BCUT2D eigenvalue weighted by atomic mass is 10.2. The molecule has 5 nitrogen and oxygen atoms in total. The van der Waals surface area contributed by atoms with Gasteiger partial charge in [-0.05, 0) is 6.92 Å². The SMILES string of the molecule is CC(C(=O)O)N1CCn2ccnc2C1. The summed E-state index contributed by atoms with van der Waals surface area (Å²) in [6.07, 6.45) is 3.68. The maximum absolute atomic E-state index is 10.8. The summed E-state index contributed by atoms with van der Waals surface area (Å²) in [6, 6.07) is -0.430. The largest absolute Gasteiger partial charge is 0.480 e. The summed E-state index contributed by atoms with van der Waals surface area (Å²) >= 11 is 0. The normalized spacial score (nSPS) is 18.9. The minimum absolute atomic E-state index is 0.430. The van der Waals surface area contributed by atoms with Gasteiger partial charge in [0, 0.05) is 25.5 Å². The molecule has 0 saturated carbocycles. The van der Waals surface area contributed by atoms with E-state index >= 15 is 0 Å². The van der Waals surface area contributed by atoms with Gasteiger partial charge in [-0.1, -0.05) is 0 Å². The first-order valence-electron chi connectivity index (χ1n) is 4.65. The molecule has 5 heteroatoms. The fourth-order valence-corrected chi connectivity index (χ4v) is 1.68. The van der Waals surface area contributed by atoms with E-state index < -0.39 is 12.0 Å². The zero-order valence-corrected chi connectivity index (χ0v) is 8.05. The van der Waals surface area contributed by atoms with Crippen molar-refractivity contribution in [3.8, 4) is 0 Å². The minimum atomic E-state index is -0.773. The van der Waals surface area contributed by atoms with E-state index in [0.717, 1.165) is 18.9 Å². The van der Waals surface area contributed by atoms with Gasteiger partial charge in [0.05, 0.1) is 6.54 Å².